The highest BCUT2D eigenvalue weighted by Gasteiger charge is 2.02. The van der Waals surface area contributed by atoms with Crippen molar-refractivity contribution in [3.63, 3.8) is 0 Å². The van der Waals surface area contributed by atoms with E-state index in [2.05, 4.69) is 0 Å². The third kappa shape index (κ3) is 8.98. The quantitative estimate of drug-likeness (QED) is 0.601. The summed E-state index contributed by atoms with van der Waals surface area (Å²) >= 11 is 5.86. The number of carbonyl (C=O) groups is 1. The van der Waals surface area contributed by atoms with Gasteiger partial charge in [0.25, 0.3) is 0 Å². The molecule has 2 atom stereocenters. The zero-order valence-corrected chi connectivity index (χ0v) is 13.4. The second kappa shape index (κ2) is 10.8. The van der Waals surface area contributed by atoms with Crippen LogP contribution in [-0.2, 0) is 4.79 Å². The monoisotopic (exact) mass is 336 g/mol. The molecule has 5 heteroatoms. The first-order valence-corrected chi connectivity index (χ1v) is 7.72. The molecule has 0 aliphatic rings. The topological polar surface area (TPSA) is 77.8 Å². The van der Waals surface area contributed by atoms with E-state index >= 15 is 0 Å². The van der Waals surface area contributed by atoms with Gasteiger partial charge in [0.05, 0.1) is 12.2 Å². The fourth-order valence-electron chi connectivity index (χ4n) is 1.85. The Bertz CT molecular complexity index is 578. The fraction of sp³-hybridized carbons (Fsp3) is 0.278. The first-order valence-electron chi connectivity index (χ1n) is 7.34. The molecule has 1 aromatic rings. The van der Waals surface area contributed by atoms with Crippen molar-refractivity contribution in [3.8, 4) is 0 Å². The molecule has 0 heterocycles. The Balaban J connectivity index is 2.34. The normalized spacial score (nSPS) is 14.7. The number of hydrogen-bond donors (Lipinski definition) is 3. The van der Waals surface area contributed by atoms with E-state index in [1.807, 2.05) is 0 Å². The van der Waals surface area contributed by atoms with Crippen molar-refractivity contribution < 1.29 is 20.1 Å². The fourth-order valence-corrected chi connectivity index (χ4v) is 2.05. The van der Waals surface area contributed by atoms with Crippen LogP contribution in [0.1, 0.15) is 30.9 Å². The Hall–Kier alpha value is -1.88. The highest BCUT2D eigenvalue weighted by molar-refractivity contribution is 6.30. The minimum absolute atomic E-state index is 0.0604. The van der Waals surface area contributed by atoms with Crippen LogP contribution in [0.3, 0.4) is 0 Å². The smallest absolute Gasteiger partial charge is 0.303 e. The SMILES string of the molecule is O=C(O)CCCC(O)\C=C/C=C/C=C/C(O)c1cccc(Cl)c1. The summed E-state index contributed by atoms with van der Waals surface area (Å²) in [5.74, 6) is -0.857. The van der Waals surface area contributed by atoms with Crippen molar-refractivity contribution in [1.29, 1.82) is 0 Å². The second-order valence-corrected chi connectivity index (χ2v) is 5.44. The molecular formula is C18H21ClO4. The Morgan fingerprint density at radius 1 is 1.13 bits per heavy atom. The number of halogens is 1. The van der Waals surface area contributed by atoms with Crippen LogP contribution in [0.25, 0.3) is 0 Å². The zero-order valence-electron chi connectivity index (χ0n) is 12.7. The Kier molecular flexibility index (Phi) is 8.98. The molecule has 124 valence electrons. The number of aliphatic carboxylic acids is 1. The van der Waals surface area contributed by atoms with Gasteiger partial charge < -0.3 is 15.3 Å². The summed E-state index contributed by atoms with van der Waals surface area (Å²) in [6, 6.07) is 7.01. The van der Waals surface area contributed by atoms with Crippen molar-refractivity contribution in [2.75, 3.05) is 0 Å². The lowest BCUT2D eigenvalue weighted by Crippen LogP contribution is -2.03. The van der Waals surface area contributed by atoms with Crippen molar-refractivity contribution in [1.82, 2.24) is 0 Å². The molecule has 0 saturated heterocycles. The van der Waals surface area contributed by atoms with Crippen molar-refractivity contribution in [3.05, 3.63) is 71.3 Å². The van der Waals surface area contributed by atoms with Crippen LogP contribution in [-0.4, -0.2) is 27.4 Å². The van der Waals surface area contributed by atoms with E-state index in [0.717, 1.165) is 0 Å². The molecule has 2 unspecified atom stereocenters. The van der Waals surface area contributed by atoms with Gasteiger partial charge in [-0.25, -0.2) is 0 Å². The average Bonchev–Trinajstić information content (AvgIpc) is 2.50. The standard InChI is InChI=1S/C18H21ClO4/c19-15-8-5-7-14(13-15)17(21)11-4-2-1-3-9-16(20)10-6-12-18(22)23/h1-5,7-9,11,13,16-17,20-21H,6,10,12H2,(H,22,23)/b2-1+,9-3-,11-4+. The maximum atomic E-state index is 10.3. The molecule has 3 N–H and O–H groups in total. The van der Waals surface area contributed by atoms with Gasteiger partial charge in [0.15, 0.2) is 0 Å². The van der Waals surface area contributed by atoms with Gasteiger partial charge in [-0.15, -0.1) is 0 Å². The van der Waals surface area contributed by atoms with Crippen LogP contribution < -0.4 is 0 Å². The summed E-state index contributed by atoms with van der Waals surface area (Å²) < 4.78 is 0. The summed E-state index contributed by atoms with van der Waals surface area (Å²) in [4.78, 5) is 10.3. The average molecular weight is 337 g/mol. The Morgan fingerprint density at radius 2 is 1.83 bits per heavy atom. The van der Waals surface area contributed by atoms with E-state index in [-0.39, 0.29) is 6.42 Å². The maximum Gasteiger partial charge on any atom is 0.303 e. The van der Waals surface area contributed by atoms with Crippen LogP contribution in [0.5, 0.6) is 0 Å². The van der Waals surface area contributed by atoms with Gasteiger partial charge in [0, 0.05) is 11.4 Å². The van der Waals surface area contributed by atoms with Gasteiger partial charge in [-0.1, -0.05) is 60.2 Å². The van der Waals surface area contributed by atoms with Crippen molar-refractivity contribution in [2.45, 2.75) is 31.5 Å². The molecule has 0 amide bonds. The van der Waals surface area contributed by atoms with Gasteiger partial charge in [0.2, 0.25) is 0 Å². The number of allylic oxidation sites excluding steroid dienone is 4. The molecule has 0 bridgehead atoms. The molecule has 4 nitrogen and oxygen atoms in total. The minimum Gasteiger partial charge on any atom is -0.481 e. The highest BCUT2D eigenvalue weighted by Crippen LogP contribution is 2.18. The van der Waals surface area contributed by atoms with Crippen LogP contribution in [0, 0.1) is 0 Å². The van der Waals surface area contributed by atoms with Crippen LogP contribution in [0.15, 0.2) is 60.7 Å². The molecule has 23 heavy (non-hydrogen) atoms. The van der Waals surface area contributed by atoms with Crippen LogP contribution in [0.2, 0.25) is 5.02 Å². The molecule has 0 aromatic heterocycles. The van der Waals surface area contributed by atoms with Gasteiger partial charge in [0.1, 0.15) is 0 Å². The summed E-state index contributed by atoms with van der Waals surface area (Å²) in [5, 5.41) is 28.6. The molecular weight excluding hydrogens is 316 g/mol. The van der Waals surface area contributed by atoms with E-state index in [9.17, 15) is 15.0 Å². The Labute approximate surface area is 141 Å². The number of aliphatic hydroxyl groups is 2. The molecule has 1 rings (SSSR count). The Morgan fingerprint density at radius 3 is 2.48 bits per heavy atom. The number of hydrogen-bond acceptors (Lipinski definition) is 3. The minimum atomic E-state index is -0.857. The van der Waals surface area contributed by atoms with E-state index in [0.29, 0.717) is 23.4 Å². The third-order valence-electron chi connectivity index (χ3n) is 3.04. The summed E-state index contributed by atoms with van der Waals surface area (Å²) in [6.45, 7) is 0. The first-order chi connectivity index (χ1) is 11.0. The number of carboxylic acids is 1. The molecule has 0 aliphatic heterocycles. The maximum absolute atomic E-state index is 10.3. The molecule has 0 spiro atoms. The zero-order chi connectivity index (χ0) is 17.1. The van der Waals surface area contributed by atoms with E-state index in [1.54, 1.807) is 60.7 Å². The summed E-state index contributed by atoms with van der Waals surface area (Å²) in [6.07, 6.45) is 9.59. The highest BCUT2D eigenvalue weighted by atomic mass is 35.5. The predicted molar refractivity (Wildman–Crippen MR) is 91.3 cm³/mol. The van der Waals surface area contributed by atoms with Crippen molar-refractivity contribution in [2.24, 2.45) is 0 Å². The van der Waals surface area contributed by atoms with Gasteiger partial charge >= 0.3 is 5.97 Å². The largest absolute Gasteiger partial charge is 0.481 e. The molecule has 0 aliphatic carbocycles. The third-order valence-corrected chi connectivity index (χ3v) is 3.28. The summed E-state index contributed by atoms with van der Waals surface area (Å²) in [5.41, 5.74) is 0.714. The number of carboxylic acid groups (broad SMARTS) is 1. The van der Waals surface area contributed by atoms with Crippen LogP contribution >= 0.6 is 11.6 Å². The number of benzene rings is 1. The number of aliphatic hydroxyl groups excluding tert-OH is 2. The lowest BCUT2D eigenvalue weighted by molar-refractivity contribution is -0.137. The molecule has 0 saturated carbocycles. The van der Waals surface area contributed by atoms with Crippen LogP contribution in [0.4, 0.5) is 0 Å². The van der Waals surface area contributed by atoms with E-state index in [1.165, 1.54) is 0 Å². The molecule has 0 fully saturated rings. The van der Waals surface area contributed by atoms with Gasteiger partial charge in [-0.05, 0) is 30.5 Å². The lowest BCUT2D eigenvalue weighted by Gasteiger charge is -2.05. The van der Waals surface area contributed by atoms with Gasteiger partial charge in [-0.2, -0.15) is 0 Å². The predicted octanol–water partition coefficient (Wildman–Crippen LogP) is 3.66. The molecule has 0 radical (unpaired) electrons. The molecule has 1 aromatic carbocycles. The summed E-state index contributed by atoms with van der Waals surface area (Å²) in [7, 11) is 0. The number of rotatable bonds is 9. The van der Waals surface area contributed by atoms with E-state index < -0.39 is 18.2 Å². The van der Waals surface area contributed by atoms with E-state index in [4.69, 9.17) is 16.7 Å². The van der Waals surface area contributed by atoms with Gasteiger partial charge in [-0.3, -0.25) is 4.79 Å². The van der Waals surface area contributed by atoms with Crippen molar-refractivity contribution >= 4 is 17.6 Å². The first kappa shape index (κ1) is 19.2. The lowest BCUT2D eigenvalue weighted by atomic mass is 10.1. The second-order valence-electron chi connectivity index (χ2n) is 5.01.